The van der Waals surface area contributed by atoms with Crippen molar-refractivity contribution in [2.24, 2.45) is 5.92 Å². The molecule has 4 rings (SSSR count). The van der Waals surface area contributed by atoms with E-state index in [1.807, 2.05) is 59.5 Å². The van der Waals surface area contributed by atoms with Crippen molar-refractivity contribution in [3.8, 4) is 5.75 Å². The van der Waals surface area contributed by atoms with Crippen LogP contribution in [0.5, 0.6) is 5.75 Å². The Morgan fingerprint density at radius 1 is 1.06 bits per heavy atom. The SMILES string of the molecule is COc1ccc(Cl)cc1CN(C)C(=O)C1CCN(C(=O)c2cccc3ccccc23)CC1. The number of carbonyl (C=O) groups excluding carboxylic acids is 2. The van der Waals surface area contributed by atoms with Crippen LogP contribution in [0.4, 0.5) is 0 Å². The molecule has 0 atom stereocenters. The van der Waals surface area contributed by atoms with Crippen LogP contribution in [-0.4, -0.2) is 48.9 Å². The Labute approximate surface area is 193 Å². The Morgan fingerprint density at radius 2 is 1.78 bits per heavy atom. The monoisotopic (exact) mass is 450 g/mol. The summed E-state index contributed by atoms with van der Waals surface area (Å²) >= 11 is 6.12. The number of benzene rings is 3. The lowest BCUT2D eigenvalue weighted by atomic mass is 9.94. The first-order valence-corrected chi connectivity index (χ1v) is 11.2. The molecule has 3 aromatic carbocycles. The van der Waals surface area contributed by atoms with E-state index in [0.717, 1.165) is 21.9 Å². The average Bonchev–Trinajstić information content (AvgIpc) is 2.83. The van der Waals surface area contributed by atoms with Gasteiger partial charge in [0.15, 0.2) is 0 Å². The highest BCUT2D eigenvalue weighted by atomic mass is 35.5. The molecule has 166 valence electrons. The van der Waals surface area contributed by atoms with Crippen molar-refractivity contribution in [3.63, 3.8) is 0 Å². The third kappa shape index (κ3) is 4.58. The van der Waals surface area contributed by atoms with E-state index in [1.54, 1.807) is 25.1 Å². The Balaban J connectivity index is 1.39. The van der Waals surface area contributed by atoms with Crippen LogP contribution >= 0.6 is 11.6 Å². The zero-order chi connectivity index (χ0) is 22.7. The Hall–Kier alpha value is -3.05. The van der Waals surface area contributed by atoms with Crippen molar-refractivity contribution >= 4 is 34.2 Å². The predicted octanol–water partition coefficient (Wildman–Crippen LogP) is 5.01. The van der Waals surface area contributed by atoms with Crippen molar-refractivity contribution in [2.45, 2.75) is 19.4 Å². The lowest BCUT2D eigenvalue weighted by Crippen LogP contribution is -2.43. The Morgan fingerprint density at radius 3 is 2.53 bits per heavy atom. The second-order valence-electron chi connectivity index (χ2n) is 8.24. The van der Waals surface area contributed by atoms with E-state index in [2.05, 4.69) is 0 Å². The first kappa shape index (κ1) is 22.2. The molecule has 1 aliphatic rings. The lowest BCUT2D eigenvalue weighted by Gasteiger charge is -2.33. The smallest absolute Gasteiger partial charge is 0.254 e. The molecular formula is C26H27ClN2O3. The summed E-state index contributed by atoms with van der Waals surface area (Å²) in [6, 6.07) is 19.2. The van der Waals surface area contributed by atoms with Crippen LogP contribution in [-0.2, 0) is 11.3 Å². The van der Waals surface area contributed by atoms with Crippen molar-refractivity contribution in [2.75, 3.05) is 27.2 Å². The van der Waals surface area contributed by atoms with Gasteiger partial charge in [-0.2, -0.15) is 0 Å². The van der Waals surface area contributed by atoms with Crippen LogP contribution in [0.25, 0.3) is 10.8 Å². The molecule has 0 saturated carbocycles. The Kier molecular flexibility index (Phi) is 6.66. The highest BCUT2D eigenvalue weighted by Crippen LogP contribution is 2.27. The number of hydrogen-bond donors (Lipinski definition) is 0. The quantitative estimate of drug-likeness (QED) is 0.548. The standard InChI is InChI=1S/C26H27ClN2O3/c1-28(17-20-16-21(27)10-11-24(20)32-2)25(30)19-12-14-29(15-13-19)26(31)23-9-5-7-18-6-3-4-8-22(18)23/h3-11,16,19H,12-15,17H2,1-2H3. The summed E-state index contributed by atoms with van der Waals surface area (Å²) in [5, 5.41) is 2.64. The van der Waals surface area contributed by atoms with Crippen LogP contribution in [0.1, 0.15) is 28.8 Å². The first-order valence-electron chi connectivity index (χ1n) is 10.8. The molecule has 1 saturated heterocycles. The zero-order valence-corrected chi connectivity index (χ0v) is 19.1. The highest BCUT2D eigenvalue weighted by molar-refractivity contribution is 6.30. The van der Waals surface area contributed by atoms with Gasteiger partial charge in [-0.1, -0.05) is 48.0 Å². The highest BCUT2D eigenvalue weighted by Gasteiger charge is 2.30. The topological polar surface area (TPSA) is 49.9 Å². The molecule has 5 nitrogen and oxygen atoms in total. The lowest BCUT2D eigenvalue weighted by molar-refractivity contribution is -0.136. The maximum Gasteiger partial charge on any atom is 0.254 e. The third-order valence-electron chi connectivity index (χ3n) is 6.18. The summed E-state index contributed by atoms with van der Waals surface area (Å²) in [7, 11) is 3.41. The number of piperidine rings is 1. The average molecular weight is 451 g/mol. The van der Waals surface area contributed by atoms with Gasteiger partial charge in [-0.05, 0) is 47.9 Å². The first-order chi connectivity index (χ1) is 15.5. The van der Waals surface area contributed by atoms with Gasteiger partial charge in [0.1, 0.15) is 5.75 Å². The minimum absolute atomic E-state index is 0.0321. The number of likely N-dealkylation sites (tertiary alicyclic amines) is 1. The van der Waals surface area contributed by atoms with Gasteiger partial charge in [-0.15, -0.1) is 0 Å². The Bertz CT molecular complexity index is 1130. The normalized spacial score (nSPS) is 14.4. The van der Waals surface area contributed by atoms with E-state index in [9.17, 15) is 9.59 Å². The summed E-state index contributed by atoms with van der Waals surface area (Å²) < 4.78 is 5.40. The van der Waals surface area contributed by atoms with Crippen LogP contribution in [0, 0.1) is 5.92 Å². The van der Waals surface area contributed by atoms with Crippen molar-refractivity contribution in [1.82, 2.24) is 9.80 Å². The van der Waals surface area contributed by atoms with Crippen molar-refractivity contribution < 1.29 is 14.3 Å². The largest absolute Gasteiger partial charge is 0.496 e. The fourth-order valence-electron chi connectivity index (χ4n) is 4.43. The van der Waals surface area contributed by atoms with E-state index in [4.69, 9.17) is 16.3 Å². The summed E-state index contributed by atoms with van der Waals surface area (Å²) in [4.78, 5) is 29.8. The van der Waals surface area contributed by atoms with Crippen LogP contribution < -0.4 is 4.74 Å². The minimum atomic E-state index is -0.0956. The van der Waals surface area contributed by atoms with E-state index in [0.29, 0.717) is 43.2 Å². The molecular weight excluding hydrogens is 424 g/mol. The molecule has 0 spiro atoms. The molecule has 0 aromatic heterocycles. The van der Waals surface area contributed by atoms with Crippen molar-refractivity contribution in [3.05, 3.63) is 76.8 Å². The molecule has 0 bridgehead atoms. The summed E-state index contributed by atoms with van der Waals surface area (Å²) in [6.45, 7) is 1.58. The van der Waals surface area contributed by atoms with Gasteiger partial charge in [0.2, 0.25) is 5.91 Å². The van der Waals surface area contributed by atoms with Gasteiger partial charge < -0.3 is 14.5 Å². The number of rotatable bonds is 5. The molecule has 0 aliphatic carbocycles. The fourth-order valence-corrected chi connectivity index (χ4v) is 4.62. The maximum atomic E-state index is 13.2. The molecule has 32 heavy (non-hydrogen) atoms. The molecule has 1 fully saturated rings. The van der Waals surface area contributed by atoms with Gasteiger partial charge in [0.05, 0.1) is 7.11 Å². The predicted molar refractivity (Wildman–Crippen MR) is 127 cm³/mol. The zero-order valence-electron chi connectivity index (χ0n) is 18.4. The van der Waals surface area contributed by atoms with Gasteiger partial charge in [-0.25, -0.2) is 0 Å². The molecule has 6 heteroatoms. The molecule has 3 aromatic rings. The number of halogens is 1. The van der Waals surface area contributed by atoms with E-state index in [1.165, 1.54) is 0 Å². The summed E-state index contributed by atoms with van der Waals surface area (Å²) in [5.74, 6) is 0.736. The van der Waals surface area contributed by atoms with Crippen LogP contribution in [0.3, 0.4) is 0 Å². The van der Waals surface area contributed by atoms with Crippen molar-refractivity contribution in [1.29, 1.82) is 0 Å². The number of amides is 2. The molecule has 1 aliphatic heterocycles. The minimum Gasteiger partial charge on any atom is -0.496 e. The van der Waals surface area contributed by atoms with E-state index < -0.39 is 0 Å². The molecule has 0 unspecified atom stereocenters. The molecule has 1 heterocycles. The number of ether oxygens (including phenoxy) is 1. The third-order valence-corrected chi connectivity index (χ3v) is 6.41. The van der Waals surface area contributed by atoms with Crippen LogP contribution in [0.2, 0.25) is 5.02 Å². The number of nitrogens with zero attached hydrogens (tertiary/aromatic N) is 2. The second-order valence-corrected chi connectivity index (χ2v) is 8.68. The van der Waals surface area contributed by atoms with Gasteiger partial charge >= 0.3 is 0 Å². The molecule has 0 N–H and O–H groups in total. The fraction of sp³-hybridized carbons (Fsp3) is 0.308. The molecule has 0 radical (unpaired) electrons. The van der Waals surface area contributed by atoms with E-state index >= 15 is 0 Å². The van der Waals surface area contributed by atoms with Gasteiger partial charge in [0.25, 0.3) is 5.91 Å². The number of methoxy groups -OCH3 is 1. The second kappa shape index (κ2) is 9.61. The number of carbonyl (C=O) groups is 2. The van der Waals surface area contributed by atoms with Gasteiger partial charge in [0, 0.05) is 48.7 Å². The molecule has 2 amide bonds. The number of hydrogen-bond acceptors (Lipinski definition) is 3. The summed E-state index contributed by atoms with van der Waals surface area (Å²) in [6.07, 6.45) is 1.32. The van der Waals surface area contributed by atoms with Crippen LogP contribution in [0.15, 0.2) is 60.7 Å². The number of fused-ring (bicyclic) bond motifs is 1. The maximum absolute atomic E-state index is 13.2. The summed E-state index contributed by atoms with van der Waals surface area (Å²) in [5.41, 5.74) is 1.59. The van der Waals surface area contributed by atoms with Gasteiger partial charge in [-0.3, -0.25) is 9.59 Å². The van der Waals surface area contributed by atoms with E-state index in [-0.39, 0.29) is 17.7 Å².